The second-order valence-electron chi connectivity index (χ2n) is 5.41. The third-order valence-electron chi connectivity index (χ3n) is 3.62. The minimum atomic E-state index is -0.454. The van der Waals surface area contributed by atoms with E-state index in [0.717, 1.165) is 45.7 Å². The van der Waals surface area contributed by atoms with E-state index in [1.807, 2.05) is 24.3 Å². The van der Waals surface area contributed by atoms with Gasteiger partial charge in [0, 0.05) is 19.6 Å². The number of nitrogens with one attached hydrogen (secondary N) is 1. The van der Waals surface area contributed by atoms with Gasteiger partial charge in [-0.05, 0) is 18.6 Å². The Bertz CT molecular complexity index is 481. The maximum atomic E-state index is 11.9. The van der Waals surface area contributed by atoms with Crippen molar-refractivity contribution in [3.05, 3.63) is 24.3 Å². The van der Waals surface area contributed by atoms with Crippen LogP contribution in [0.1, 0.15) is 19.8 Å². The van der Waals surface area contributed by atoms with E-state index in [9.17, 15) is 4.79 Å². The Balaban J connectivity index is 0.00000288. The largest absolute Gasteiger partial charge is 0.491 e. The van der Waals surface area contributed by atoms with Crippen molar-refractivity contribution in [2.24, 2.45) is 0 Å². The van der Waals surface area contributed by atoms with Gasteiger partial charge in [0.25, 0.3) is 0 Å². The average Bonchev–Trinajstić information content (AvgIpc) is 2.57. The monoisotopic (exact) mass is 358 g/mol. The molecule has 0 aliphatic carbocycles. The molecular weight excluding hydrogens is 332 g/mol. The quantitative estimate of drug-likeness (QED) is 0.723. The van der Waals surface area contributed by atoms with Crippen LogP contribution < -0.4 is 10.1 Å². The number of benzene rings is 1. The van der Waals surface area contributed by atoms with Crippen LogP contribution in [0.5, 0.6) is 5.75 Å². The molecule has 0 bridgehead atoms. The molecule has 2 rings (SSSR count). The maximum Gasteiger partial charge on any atom is 0.411 e. The summed E-state index contributed by atoms with van der Waals surface area (Å²) in [6.07, 6.45) is 1.60. The number of carbonyl (C=O) groups excluding carboxylic acids is 1. The van der Waals surface area contributed by atoms with Gasteiger partial charge in [-0.15, -0.1) is 12.4 Å². The van der Waals surface area contributed by atoms with E-state index in [4.69, 9.17) is 14.2 Å². The minimum Gasteiger partial charge on any atom is -0.491 e. The summed E-state index contributed by atoms with van der Waals surface area (Å²) in [5, 5.41) is 2.75. The van der Waals surface area contributed by atoms with Crippen LogP contribution in [0.15, 0.2) is 24.3 Å². The Labute approximate surface area is 149 Å². The molecule has 1 aromatic rings. The number of amides is 1. The van der Waals surface area contributed by atoms with Crippen LogP contribution in [0.3, 0.4) is 0 Å². The van der Waals surface area contributed by atoms with Crippen molar-refractivity contribution in [2.75, 3.05) is 51.4 Å². The molecule has 1 heterocycles. The lowest BCUT2D eigenvalue weighted by molar-refractivity contribution is 0.0290. The summed E-state index contributed by atoms with van der Waals surface area (Å²) in [5.74, 6) is 0.672. The number of hydrogen-bond donors (Lipinski definition) is 1. The van der Waals surface area contributed by atoms with Crippen LogP contribution in [0, 0.1) is 0 Å². The van der Waals surface area contributed by atoms with Gasteiger partial charge in [0.2, 0.25) is 0 Å². The average molecular weight is 359 g/mol. The number of anilines is 1. The molecule has 0 atom stereocenters. The number of hydrogen-bond acceptors (Lipinski definition) is 5. The van der Waals surface area contributed by atoms with Crippen LogP contribution >= 0.6 is 12.4 Å². The van der Waals surface area contributed by atoms with Crippen LogP contribution in [-0.2, 0) is 9.47 Å². The van der Waals surface area contributed by atoms with Gasteiger partial charge in [-0.25, -0.2) is 4.79 Å². The fourth-order valence-corrected chi connectivity index (χ4v) is 2.26. The Morgan fingerprint density at radius 1 is 1.25 bits per heavy atom. The Kier molecular flexibility index (Phi) is 10.2. The van der Waals surface area contributed by atoms with E-state index in [2.05, 4.69) is 17.1 Å². The van der Waals surface area contributed by atoms with Gasteiger partial charge in [-0.1, -0.05) is 25.5 Å². The first-order chi connectivity index (χ1) is 11.3. The Morgan fingerprint density at radius 3 is 2.75 bits per heavy atom. The number of morpholine rings is 1. The van der Waals surface area contributed by atoms with Crippen LogP contribution in [0.4, 0.5) is 10.5 Å². The first-order valence-corrected chi connectivity index (χ1v) is 8.25. The highest BCUT2D eigenvalue weighted by molar-refractivity contribution is 5.86. The van der Waals surface area contributed by atoms with Crippen molar-refractivity contribution >= 4 is 24.2 Å². The highest BCUT2D eigenvalue weighted by atomic mass is 35.5. The van der Waals surface area contributed by atoms with Crippen molar-refractivity contribution in [3.63, 3.8) is 0 Å². The number of halogens is 1. The predicted molar refractivity (Wildman–Crippen MR) is 96.3 cm³/mol. The normalized spacial score (nSPS) is 14.5. The van der Waals surface area contributed by atoms with Crippen molar-refractivity contribution in [1.82, 2.24) is 4.90 Å². The molecular formula is C17H27ClN2O4. The van der Waals surface area contributed by atoms with Gasteiger partial charge in [0.15, 0.2) is 0 Å². The highest BCUT2D eigenvalue weighted by Crippen LogP contribution is 2.24. The minimum absolute atomic E-state index is 0. The van der Waals surface area contributed by atoms with Gasteiger partial charge in [0.05, 0.1) is 25.5 Å². The second-order valence-corrected chi connectivity index (χ2v) is 5.41. The second kappa shape index (κ2) is 11.9. The SMILES string of the molecule is CCCCOc1ccccc1NC(=O)OCCN1CCOCC1.Cl. The maximum absolute atomic E-state index is 11.9. The molecule has 0 unspecified atom stereocenters. The number of rotatable bonds is 8. The molecule has 0 saturated carbocycles. The molecule has 0 spiro atoms. The molecule has 1 N–H and O–H groups in total. The first kappa shape index (κ1) is 20.5. The Hall–Kier alpha value is -1.50. The Morgan fingerprint density at radius 2 is 2.00 bits per heavy atom. The molecule has 0 aromatic heterocycles. The fraction of sp³-hybridized carbons (Fsp3) is 0.588. The van der Waals surface area contributed by atoms with E-state index in [0.29, 0.717) is 24.7 Å². The molecule has 1 saturated heterocycles. The molecule has 1 fully saturated rings. The van der Waals surface area contributed by atoms with Crippen LogP contribution in [-0.4, -0.2) is 57.1 Å². The van der Waals surface area contributed by atoms with Crippen LogP contribution in [0.25, 0.3) is 0 Å². The van der Waals surface area contributed by atoms with Crippen molar-refractivity contribution in [2.45, 2.75) is 19.8 Å². The standard InChI is InChI=1S/C17H26N2O4.ClH/c1-2-3-11-22-16-7-5-4-6-15(16)18-17(20)23-14-10-19-8-12-21-13-9-19;/h4-7H,2-3,8-14H2,1H3,(H,18,20);1H. The fourth-order valence-electron chi connectivity index (χ4n) is 2.26. The molecule has 0 radical (unpaired) electrons. The van der Waals surface area contributed by atoms with Crippen molar-refractivity contribution < 1.29 is 19.0 Å². The zero-order chi connectivity index (χ0) is 16.3. The van der Waals surface area contributed by atoms with E-state index in [1.165, 1.54) is 0 Å². The smallest absolute Gasteiger partial charge is 0.411 e. The van der Waals surface area contributed by atoms with Gasteiger partial charge in [-0.3, -0.25) is 10.2 Å². The van der Waals surface area contributed by atoms with Gasteiger partial charge < -0.3 is 14.2 Å². The highest BCUT2D eigenvalue weighted by Gasteiger charge is 2.12. The zero-order valence-electron chi connectivity index (χ0n) is 14.2. The molecule has 1 aliphatic heterocycles. The molecule has 6 nitrogen and oxygen atoms in total. The summed E-state index contributed by atoms with van der Waals surface area (Å²) < 4.78 is 16.2. The summed E-state index contributed by atoms with van der Waals surface area (Å²) in [4.78, 5) is 14.1. The molecule has 7 heteroatoms. The summed E-state index contributed by atoms with van der Waals surface area (Å²) in [7, 11) is 0. The first-order valence-electron chi connectivity index (χ1n) is 8.25. The van der Waals surface area contributed by atoms with Crippen LogP contribution in [0.2, 0.25) is 0 Å². The lowest BCUT2D eigenvalue weighted by atomic mass is 10.3. The summed E-state index contributed by atoms with van der Waals surface area (Å²) in [5.41, 5.74) is 0.639. The van der Waals surface area contributed by atoms with Gasteiger partial charge in [-0.2, -0.15) is 0 Å². The van der Waals surface area contributed by atoms with Gasteiger partial charge >= 0.3 is 6.09 Å². The zero-order valence-corrected chi connectivity index (χ0v) is 15.0. The number of unbranched alkanes of at least 4 members (excludes halogenated alkanes) is 1. The number of carbonyl (C=O) groups is 1. The summed E-state index contributed by atoms with van der Waals surface area (Å²) in [6.45, 7) is 7.11. The van der Waals surface area contributed by atoms with E-state index < -0.39 is 6.09 Å². The number of nitrogens with zero attached hydrogens (tertiary/aromatic N) is 1. The third kappa shape index (κ3) is 7.38. The predicted octanol–water partition coefficient (Wildman–Crippen LogP) is 3.17. The lowest BCUT2D eigenvalue weighted by Crippen LogP contribution is -2.38. The van der Waals surface area contributed by atoms with E-state index >= 15 is 0 Å². The molecule has 1 aliphatic rings. The van der Waals surface area contributed by atoms with Crippen molar-refractivity contribution in [1.29, 1.82) is 0 Å². The number of para-hydroxylation sites is 2. The molecule has 1 aromatic carbocycles. The van der Waals surface area contributed by atoms with E-state index in [1.54, 1.807) is 0 Å². The van der Waals surface area contributed by atoms with Crippen molar-refractivity contribution in [3.8, 4) is 5.75 Å². The number of ether oxygens (including phenoxy) is 3. The summed E-state index contributed by atoms with van der Waals surface area (Å²) >= 11 is 0. The topological polar surface area (TPSA) is 60.0 Å². The summed E-state index contributed by atoms with van der Waals surface area (Å²) in [6, 6.07) is 7.40. The third-order valence-corrected chi connectivity index (χ3v) is 3.62. The van der Waals surface area contributed by atoms with E-state index in [-0.39, 0.29) is 12.4 Å². The molecule has 1 amide bonds. The molecule has 24 heavy (non-hydrogen) atoms. The lowest BCUT2D eigenvalue weighted by Gasteiger charge is -2.26. The molecule has 136 valence electrons. The van der Waals surface area contributed by atoms with Gasteiger partial charge in [0.1, 0.15) is 12.4 Å².